The lowest BCUT2D eigenvalue weighted by atomic mass is 10.0. The fourth-order valence-electron chi connectivity index (χ4n) is 4.08. The van der Waals surface area contributed by atoms with E-state index in [4.69, 9.17) is 11.5 Å². The summed E-state index contributed by atoms with van der Waals surface area (Å²) < 4.78 is 0. The normalized spacial score (nSPS) is 23.0. The molecule has 0 spiro atoms. The smallest absolute Gasteiger partial charge is 0.326 e. The standard InChI is InChI=1S/C20H33N5O6/c1-11(2)16(22)19(29)24-9-3-5-13(24)17(27)23-12(7-8-15(21)26)18(28)25-10-4-6-14(25)20(30)31/h11-14,16H,3-10,22H2,1-2H3,(H2,21,26)(H,23,27)(H,30,31). The molecular formula is C20H33N5O6. The second kappa shape index (κ2) is 10.6. The van der Waals surface area contributed by atoms with Crippen molar-refractivity contribution in [3.63, 3.8) is 0 Å². The number of hydrogen-bond donors (Lipinski definition) is 4. The highest BCUT2D eigenvalue weighted by Gasteiger charge is 2.41. The summed E-state index contributed by atoms with van der Waals surface area (Å²) in [6.07, 6.45) is 1.73. The molecule has 0 aliphatic carbocycles. The van der Waals surface area contributed by atoms with Crippen LogP contribution < -0.4 is 16.8 Å². The Bertz CT molecular complexity index is 727. The maximum atomic E-state index is 13.0. The summed E-state index contributed by atoms with van der Waals surface area (Å²) in [6.45, 7) is 4.29. The lowest BCUT2D eigenvalue weighted by Gasteiger charge is -2.31. The van der Waals surface area contributed by atoms with Gasteiger partial charge in [0.25, 0.3) is 0 Å². The first-order chi connectivity index (χ1) is 14.5. The molecule has 2 saturated heterocycles. The summed E-state index contributed by atoms with van der Waals surface area (Å²) in [5.41, 5.74) is 11.2. The average Bonchev–Trinajstić information content (AvgIpc) is 3.38. The fourth-order valence-corrected chi connectivity index (χ4v) is 4.08. The minimum atomic E-state index is -1.11. The summed E-state index contributed by atoms with van der Waals surface area (Å²) >= 11 is 0. The number of carboxylic acid groups (broad SMARTS) is 1. The number of nitrogens with two attached hydrogens (primary N) is 2. The van der Waals surface area contributed by atoms with Gasteiger partial charge in [-0.2, -0.15) is 0 Å². The van der Waals surface area contributed by atoms with Crippen molar-refractivity contribution in [2.24, 2.45) is 17.4 Å². The van der Waals surface area contributed by atoms with Crippen LogP contribution >= 0.6 is 0 Å². The SMILES string of the molecule is CC(C)C(N)C(=O)N1CCCC1C(=O)NC(CCC(N)=O)C(=O)N1CCCC1C(=O)O. The Morgan fingerprint density at radius 3 is 2.06 bits per heavy atom. The molecule has 2 aliphatic rings. The molecule has 0 aromatic rings. The molecule has 2 rings (SSSR count). The van der Waals surface area contributed by atoms with E-state index in [0.29, 0.717) is 32.2 Å². The molecule has 0 aromatic carbocycles. The first-order valence-electron chi connectivity index (χ1n) is 10.7. The number of aliphatic carboxylic acids is 1. The highest BCUT2D eigenvalue weighted by molar-refractivity contribution is 5.95. The molecule has 4 amide bonds. The predicted molar refractivity (Wildman–Crippen MR) is 110 cm³/mol. The third-order valence-electron chi connectivity index (χ3n) is 5.96. The molecule has 4 unspecified atom stereocenters. The predicted octanol–water partition coefficient (Wildman–Crippen LogP) is -1.21. The van der Waals surface area contributed by atoms with Gasteiger partial charge in [0.2, 0.25) is 23.6 Å². The molecular weight excluding hydrogens is 406 g/mol. The minimum absolute atomic E-state index is 0.0467. The second-order valence-electron chi connectivity index (χ2n) is 8.55. The molecule has 2 fully saturated rings. The maximum absolute atomic E-state index is 13.0. The zero-order chi connectivity index (χ0) is 23.3. The molecule has 2 aliphatic heterocycles. The van der Waals surface area contributed by atoms with Crippen molar-refractivity contribution in [1.29, 1.82) is 0 Å². The van der Waals surface area contributed by atoms with Gasteiger partial charge in [-0.15, -0.1) is 0 Å². The number of carbonyl (C=O) groups is 5. The molecule has 31 heavy (non-hydrogen) atoms. The van der Waals surface area contributed by atoms with Gasteiger partial charge in [0.15, 0.2) is 0 Å². The first kappa shape index (κ1) is 24.6. The number of hydrogen-bond acceptors (Lipinski definition) is 6. The Balaban J connectivity index is 2.15. The molecule has 11 heteroatoms. The van der Waals surface area contributed by atoms with E-state index in [1.54, 1.807) is 0 Å². The summed E-state index contributed by atoms with van der Waals surface area (Å²) in [4.78, 5) is 64.1. The van der Waals surface area contributed by atoms with E-state index in [9.17, 15) is 29.1 Å². The fraction of sp³-hybridized carbons (Fsp3) is 0.750. The third kappa shape index (κ3) is 5.93. The van der Waals surface area contributed by atoms with E-state index < -0.39 is 47.9 Å². The number of primary amides is 1. The zero-order valence-electron chi connectivity index (χ0n) is 18.1. The van der Waals surface area contributed by atoms with Gasteiger partial charge in [-0.05, 0) is 38.0 Å². The Morgan fingerprint density at radius 2 is 1.55 bits per heavy atom. The highest BCUT2D eigenvalue weighted by Crippen LogP contribution is 2.22. The lowest BCUT2D eigenvalue weighted by Crippen LogP contribution is -2.57. The molecule has 4 atom stereocenters. The van der Waals surface area contributed by atoms with Gasteiger partial charge in [-0.3, -0.25) is 19.2 Å². The van der Waals surface area contributed by atoms with Crippen LogP contribution in [0.3, 0.4) is 0 Å². The Morgan fingerprint density at radius 1 is 1.00 bits per heavy atom. The van der Waals surface area contributed by atoms with Crippen molar-refractivity contribution >= 4 is 29.6 Å². The Hall–Kier alpha value is -2.69. The molecule has 174 valence electrons. The van der Waals surface area contributed by atoms with E-state index in [1.807, 2.05) is 13.8 Å². The summed E-state index contributed by atoms with van der Waals surface area (Å²) in [5.74, 6) is -3.24. The molecule has 0 bridgehead atoms. The summed E-state index contributed by atoms with van der Waals surface area (Å²) in [7, 11) is 0. The minimum Gasteiger partial charge on any atom is -0.480 e. The Labute approximate surface area is 181 Å². The van der Waals surface area contributed by atoms with Crippen LogP contribution in [0.5, 0.6) is 0 Å². The topological polar surface area (TPSA) is 176 Å². The largest absolute Gasteiger partial charge is 0.480 e. The number of carboxylic acids is 1. The number of rotatable bonds is 9. The van der Waals surface area contributed by atoms with Crippen LogP contribution in [0, 0.1) is 5.92 Å². The number of nitrogens with one attached hydrogen (secondary N) is 1. The highest BCUT2D eigenvalue weighted by atomic mass is 16.4. The van der Waals surface area contributed by atoms with Crippen molar-refractivity contribution in [1.82, 2.24) is 15.1 Å². The number of likely N-dealkylation sites (tertiary alicyclic amines) is 2. The van der Waals surface area contributed by atoms with Gasteiger partial charge >= 0.3 is 5.97 Å². The summed E-state index contributed by atoms with van der Waals surface area (Å²) in [5, 5.41) is 12.0. The van der Waals surface area contributed by atoms with E-state index in [2.05, 4.69) is 5.32 Å². The van der Waals surface area contributed by atoms with Crippen molar-refractivity contribution in [3.05, 3.63) is 0 Å². The van der Waals surface area contributed by atoms with Crippen LogP contribution in [0.2, 0.25) is 0 Å². The van der Waals surface area contributed by atoms with E-state index in [-0.39, 0.29) is 31.2 Å². The van der Waals surface area contributed by atoms with E-state index in [1.165, 1.54) is 9.80 Å². The first-order valence-corrected chi connectivity index (χ1v) is 10.7. The van der Waals surface area contributed by atoms with Gasteiger partial charge in [0.05, 0.1) is 6.04 Å². The van der Waals surface area contributed by atoms with Crippen LogP contribution in [0.25, 0.3) is 0 Å². The van der Waals surface area contributed by atoms with Crippen molar-refractivity contribution in [2.45, 2.75) is 76.5 Å². The van der Waals surface area contributed by atoms with Gasteiger partial charge in [0, 0.05) is 19.5 Å². The monoisotopic (exact) mass is 439 g/mol. The number of carbonyl (C=O) groups excluding carboxylic acids is 4. The van der Waals surface area contributed by atoms with E-state index >= 15 is 0 Å². The van der Waals surface area contributed by atoms with Crippen molar-refractivity contribution in [2.75, 3.05) is 13.1 Å². The van der Waals surface area contributed by atoms with Crippen LogP contribution in [-0.2, 0) is 24.0 Å². The zero-order valence-corrected chi connectivity index (χ0v) is 18.1. The summed E-state index contributed by atoms with van der Waals surface area (Å²) in [6, 6.07) is -3.57. The molecule has 6 N–H and O–H groups in total. The molecule has 0 radical (unpaired) electrons. The molecule has 11 nitrogen and oxygen atoms in total. The quantitative estimate of drug-likeness (QED) is 0.348. The third-order valence-corrected chi connectivity index (χ3v) is 5.96. The van der Waals surface area contributed by atoms with Crippen LogP contribution in [0.15, 0.2) is 0 Å². The molecule has 0 aromatic heterocycles. The number of nitrogens with zero attached hydrogens (tertiary/aromatic N) is 2. The number of amides is 4. The van der Waals surface area contributed by atoms with E-state index in [0.717, 1.165) is 0 Å². The maximum Gasteiger partial charge on any atom is 0.326 e. The molecule has 2 heterocycles. The van der Waals surface area contributed by atoms with Crippen LogP contribution in [0.4, 0.5) is 0 Å². The van der Waals surface area contributed by atoms with Gasteiger partial charge < -0.3 is 31.7 Å². The molecule has 0 saturated carbocycles. The van der Waals surface area contributed by atoms with Crippen molar-refractivity contribution in [3.8, 4) is 0 Å². The van der Waals surface area contributed by atoms with Gasteiger partial charge in [0.1, 0.15) is 18.1 Å². The van der Waals surface area contributed by atoms with Crippen LogP contribution in [-0.4, -0.2) is 81.8 Å². The van der Waals surface area contributed by atoms with Crippen LogP contribution in [0.1, 0.15) is 52.4 Å². The average molecular weight is 440 g/mol. The Kier molecular flexibility index (Phi) is 8.37. The lowest BCUT2D eigenvalue weighted by molar-refractivity contribution is -0.150. The van der Waals surface area contributed by atoms with Gasteiger partial charge in [-0.1, -0.05) is 13.8 Å². The van der Waals surface area contributed by atoms with Gasteiger partial charge in [-0.25, -0.2) is 4.79 Å². The van der Waals surface area contributed by atoms with Crippen molar-refractivity contribution < 1.29 is 29.1 Å². The second-order valence-corrected chi connectivity index (χ2v) is 8.55.